The molecule has 0 aliphatic rings. The fourth-order valence-electron chi connectivity index (χ4n) is 2.05. The van der Waals surface area contributed by atoms with Crippen LogP contribution in [0.25, 0.3) is 0 Å². The number of hydrogen-bond acceptors (Lipinski definition) is 2. The third-order valence-corrected chi connectivity index (χ3v) is 3.94. The molecule has 0 aliphatic carbocycles. The van der Waals surface area contributed by atoms with Crippen LogP contribution < -0.4 is 5.32 Å². The highest BCUT2D eigenvalue weighted by molar-refractivity contribution is 6.42. The van der Waals surface area contributed by atoms with Gasteiger partial charge in [0.05, 0.1) is 16.3 Å². The van der Waals surface area contributed by atoms with E-state index in [1.807, 2.05) is 32.2 Å². The molecule has 0 saturated heterocycles. The summed E-state index contributed by atoms with van der Waals surface area (Å²) in [6.45, 7) is 1.96. The Morgan fingerprint density at radius 2 is 2.06 bits per heavy atom. The van der Waals surface area contributed by atoms with E-state index in [0.717, 1.165) is 23.3 Å². The summed E-state index contributed by atoms with van der Waals surface area (Å²) >= 11 is 12.2. The lowest BCUT2D eigenvalue weighted by Crippen LogP contribution is -2.19. The van der Waals surface area contributed by atoms with Gasteiger partial charge in [-0.2, -0.15) is 0 Å². The van der Waals surface area contributed by atoms with Gasteiger partial charge in [0, 0.05) is 11.6 Å². The number of rotatable bonds is 4. The van der Waals surface area contributed by atoms with Crippen LogP contribution in [0.1, 0.15) is 22.9 Å². The van der Waals surface area contributed by atoms with Crippen molar-refractivity contribution in [2.45, 2.75) is 19.4 Å². The van der Waals surface area contributed by atoms with Crippen molar-refractivity contribution in [2.75, 3.05) is 7.05 Å². The van der Waals surface area contributed by atoms with Crippen LogP contribution in [0.3, 0.4) is 0 Å². The highest BCUT2D eigenvalue weighted by Crippen LogP contribution is 2.30. The van der Waals surface area contributed by atoms with Gasteiger partial charge in [-0.1, -0.05) is 35.3 Å². The molecule has 2 rings (SSSR count). The summed E-state index contributed by atoms with van der Waals surface area (Å²) in [5.74, 6) is 0.924. The third kappa shape index (κ3) is 2.72. The second kappa shape index (κ2) is 5.79. The van der Waals surface area contributed by atoms with E-state index in [9.17, 15) is 0 Å². The fourth-order valence-corrected chi connectivity index (χ4v) is 2.45. The zero-order chi connectivity index (χ0) is 13.1. The lowest BCUT2D eigenvalue weighted by atomic mass is 9.99. The van der Waals surface area contributed by atoms with Gasteiger partial charge in [-0.3, -0.25) is 0 Å². The predicted molar refractivity (Wildman–Crippen MR) is 75.4 cm³/mol. The topological polar surface area (TPSA) is 25.2 Å². The van der Waals surface area contributed by atoms with Crippen molar-refractivity contribution in [1.29, 1.82) is 0 Å². The highest BCUT2D eigenvalue weighted by atomic mass is 35.5. The van der Waals surface area contributed by atoms with E-state index < -0.39 is 0 Å². The maximum absolute atomic E-state index is 6.21. The average Bonchev–Trinajstić information content (AvgIpc) is 2.77. The Morgan fingerprint density at radius 1 is 1.28 bits per heavy atom. The van der Waals surface area contributed by atoms with Gasteiger partial charge in [0.2, 0.25) is 0 Å². The summed E-state index contributed by atoms with van der Waals surface area (Å²) in [6.07, 6.45) is 2.48. The molecule has 2 nitrogen and oxygen atoms in total. The lowest BCUT2D eigenvalue weighted by molar-refractivity contribution is 0.512. The van der Waals surface area contributed by atoms with E-state index in [0.29, 0.717) is 10.0 Å². The number of halogens is 2. The smallest absolute Gasteiger partial charge is 0.105 e. The van der Waals surface area contributed by atoms with Gasteiger partial charge in [-0.25, -0.2) is 0 Å². The monoisotopic (exact) mass is 283 g/mol. The molecule has 0 radical (unpaired) electrons. The number of benzene rings is 1. The zero-order valence-electron chi connectivity index (χ0n) is 10.3. The first kappa shape index (κ1) is 13.5. The molecule has 2 aromatic rings. The van der Waals surface area contributed by atoms with Crippen LogP contribution in [0, 0.1) is 6.92 Å². The van der Waals surface area contributed by atoms with Crippen LogP contribution in [0.5, 0.6) is 0 Å². The molecule has 1 aromatic heterocycles. The Morgan fingerprint density at radius 3 is 2.67 bits per heavy atom. The molecule has 4 heteroatoms. The van der Waals surface area contributed by atoms with Gasteiger partial charge in [0.15, 0.2) is 0 Å². The molecule has 1 atom stereocenters. The summed E-state index contributed by atoms with van der Waals surface area (Å²) in [5.41, 5.74) is 2.18. The van der Waals surface area contributed by atoms with E-state index in [1.54, 1.807) is 12.3 Å². The summed E-state index contributed by atoms with van der Waals surface area (Å²) < 4.78 is 5.34. The van der Waals surface area contributed by atoms with Crippen molar-refractivity contribution in [1.82, 2.24) is 5.32 Å². The fraction of sp³-hybridized carbons (Fsp3) is 0.286. The van der Waals surface area contributed by atoms with E-state index in [2.05, 4.69) is 5.32 Å². The normalized spacial score (nSPS) is 12.7. The Balaban J connectivity index is 2.26. The van der Waals surface area contributed by atoms with Crippen LogP contribution in [0.4, 0.5) is 0 Å². The van der Waals surface area contributed by atoms with Crippen LogP contribution in [-0.2, 0) is 6.42 Å². The predicted octanol–water partition coefficient (Wildman–Crippen LogP) is 4.40. The first-order valence-electron chi connectivity index (χ1n) is 5.77. The zero-order valence-corrected chi connectivity index (χ0v) is 11.8. The molecule has 0 spiro atoms. The van der Waals surface area contributed by atoms with Crippen LogP contribution in [0.2, 0.25) is 10.0 Å². The molecule has 1 heterocycles. The van der Waals surface area contributed by atoms with Gasteiger partial charge in [-0.05, 0) is 38.1 Å². The van der Waals surface area contributed by atoms with Crippen LogP contribution in [0.15, 0.2) is 34.9 Å². The molecule has 18 heavy (non-hydrogen) atoms. The van der Waals surface area contributed by atoms with E-state index in [4.69, 9.17) is 27.6 Å². The minimum atomic E-state index is 0.166. The number of furan rings is 1. The maximum atomic E-state index is 6.21. The highest BCUT2D eigenvalue weighted by Gasteiger charge is 2.16. The molecule has 0 amide bonds. The summed E-state index contributed by atoms with van der Waals surface area (Å²) in [6, 6.07) is 7.85. The van der Waals surface area contributed by atoms with Crippen LogP contribution >= 0.6 is 23.2 Å². The molecule has 0 fully saturated rings. The van der Waals surface area contributed by atoms with Gasteiger partial charge in [0.25, 0.3) is 0 Å². The van der Waals surface area contributed by atoms with Crippen molar-refractivity contribution in [3.63, 3.8) is 0 Å². The molecule has 1 aromatic carbocycles. The number of hydrogen-bond donors (Lipinski definition) is 1. The van der Waals surface area contributed by atoms with Crippen molar-refractivity contribution in [3.8, 4) is 0 Å². The van der Waals surface area contributed by atoms with Gasteiger partial charge >= 0.3 is 0 Å². The molecular formula is C14H15Cl2NO. The van der Waals surface area contributed by atoms with Crippen molar-refractivity contribution < 1.29 is 4.42 Å². The molecule has 0 bridgehead atoms. The molecule has 0 aliphatic heterocycles. The number of aryl methyl sites for hydroxylation is 1. The minimum Gasteiger partial charge on any atom is -0.469 e. The maximum Gasteiger partial charge on any atom is 0.105 e. The number of nitrogens with one attached hydrogen (secondary N) is 1. The van der Waals surface area contributed by atoms with Crippen LogP contribution in [-0.4, -0.2) is 7.05 Å². The summed E-state index contributed by atoms with van der Waals surface area (Å²) in [5, 5.41) is 4.49. The second-order valence-corrected chi connectivity index (χ2v) is 4.98. The molecule has 96 valence electrons. The largest absolute Gasteiger partial charge is 0.469 e. The molecule has 0 saturated carbocycles. The Hall–Kier alpha value is -0.960. The second-order valence-electron chi connectivity index (χ2n) is 4.19. The Bertz CT molecular complexity index is 536. The van der Waals surface area contributed by atoms with Crippen molar-refractivity contribution >= 4 is 23.2 Å². The molecule has 1 unspecified atom stereocenters. The lowest BCUT2D eigenvalue weighted by Gasteiger charge is -2.16. The summed E-state index contributed by atoms with van der Waals surface area (Å²) in [4.78, 5) is 0. The van der Waals surface area contributed by atoms with Crippen molar-refractivity contribution in [2.24, 2.45) is 0 Å². The molecular weight excluding hydrogens is 269 g/mol. The van der Waals surface area contributed by atoms with Gasteiger partial charge in [-0.15, -0.1) is 0 Å². The third-order valence-electron chi connectivity index (χ3n) is 3.08. The SMILES string of the molecule is CNC(Cc1cccc(Cl)c1Cl)c1ccoc1C. The first-order valence-corrected chi connectivity index (χ1v) is 6.53. The average molecular weight is 284 g/mol. The van der Waals surface area contributed by atoms with E-state index in [1.165, 1.54) is 0 Å². The van der Waals surface area contributed by atoms with Gasteiger partial charge < -0.3 is 9.73 Å². The minimum absolute atomic E-state index is 0.166. The quantitative estimate of drug-likeness (QED) is 0.900. The summed E-state index contributed by atoms with van der Waals surface area (Å²) in [7, 11) is 1.93. The Labute approximate surface area is 117 Å². The van der Waals surface area contributed by atoms with Gasteiger partial charge in [0.1, 0.15) is 5.76 Å². The standard InChI is InChI=1S/C14H15Cl2NO/c1-9-11(6-7-18-9)13(17-2)8-10-4-3-5-12(15)14(10)16/h3-7,13,17H,8H2,1-2H3. The molecule has 1 N–H and O–H groups in total. The number of likely N-dealkylation sites (N-methyl/N-ethyl adjacent to an activating group) is 1. The van der Waals surface area contributed by atoms with Crippen molar-refractivity contribution in [3.05, 3.63) is 57.5 Å². The van der Waals surface area contributed by atoms with E-state index >= 15 is 0 Å². The van der Waals surface area contributed by atoms with E-state index in [-0.39, 0.29) is 6.04 Å². The first-order chi connectivity index (χ1) is 8.63. The Kier molecular flexibility index (Phi) is 4.33.